The summed E-state index contributed by atoms with van der Waals surface area (Å²) < 4.78 is 0. The molecule has 4 aliphatic rings. The van der Waals surface area contributed by atoms with Crippen molar-refractivity contribution in [1.29, 1.82) is 0 Å². The quantitative estimate of drug-likeness (QED) is 0.740. The van der Waals surface area contributed by atoms with Gasteiger partial charge in [-0.25, -0.2) is 0 Å². The Kier molecular flexibility index (Phi) is 3.62. The first-order chi connectivity index (χ1) is 10.9. The largest absolute Gasteiger partial charge is 0.356 e. The van der Waals surface area contributed by atoms with Crippen LogP contribution in [0, 0.1) is 34.5 Å². The van der Waals surface area contributed by atoms with E-state index in [1.807, 2.05) is 0 Å². The summed E-state index contributed by atoms with van der Waals surface area (Å²) in [6, 6.07) is 0. The number of fused-ring (bicyclic) bond motifs is 5. The molecule has 0 spiro atoms. The smallest absolute Gasteiger partial charge is 0.220 e. The molecule has 1 N–H and O–H groups in total. The van der Waals surface area contributed by atoms with E-state index >= 15 is 0 Å². The molecular weight excluding hydrogens is 286 g/mol. The third kappa shape index (κ3) is 2.21. The van der Waals surface area contributed by atoms with E-state index in [1.54, 1.807) is 0 Å². The van der Waals surface area contributed by atoms with Crippen LogP contribution in [0.2, 0.25) is 0 Å². The van der Waals surface area contributed by atoms with Crippen molar-refractivity contribution < 1.29 is 9.59 Å². The molecule has 6 atom stereocenters. The number of Topliss-reactive ketones (excluding diaryl/α,β-unsaturated/α-hetero) is 1. The van der Waals surface area contributed by atoms with Crippen LogP contribution in [0.3, 0.4) is 0 Å². The molecule has 3 saturated carbocycles. The Balaban J connectivity index is 1.62. The summed E-state index contributed by atoms with van der Waals surface area (Å²) in [5.74, 6) is 3.56. The SMILES string of the molecule is C[C@]12CCC3C(CC[C@H]4CNC(=O)CCC[C@]34C)[C@@H]1CCC2=O. The van der Waals surface area contributed by atoms with Crippen LogP contribution in [0.15, 0.2) is 0 Å². The molecule has 4 rings (SSSR count). The van der Waals surface area contributed by atoms with Crippen LogP contribution in [0.25, 0.3) is 0 Å². The van der Waals surface area contributed by atoms with Crippen molar-refractivity contribution in [2.24, 2.45) is 34.5 Å². The van der Waals surface area contributed by atoms with Gasteiger partial charge in [0.1, 0.15) is 5.78 Å². The van der Waals surface area contributed by atoms with Crippen LogP contribution in [0.4, 0.5) is 0 Å². The summed E-state index contributed by atoms with van der Waals surface area (Å²) in [4.78, 5) is 24.2. The van der Waals surface area contributed by atoms with E-state index < -0.39 is 0 Å². The minimum atomic E-state index is -0.0137. The third-order valence-electron chi connectivity index (χ3n) is 8.44. The molecule has 4 fully saturated rings. The highest BCUT2D eigenvalue weighted by atomic mass is 16.1. The van der Waals surface area contributed by atoms with Gasteiger partial charge >= 0.3 is 0 Å². The van der Waals surface area contributed by atoms with E-state index in [2.05, 4.69) is 19.2 Å². The maximum atomic E-state index is 12.5. The lowest BCUT2D eigenvalue weighted by Crippen LogP contribution is -2.54. The monoisotopic (exact) mass is 317 g/mol. The fourth-order valence-electron chi connectivity index (χ4n) is 6.99. The molecule has 3 aliphatic carbocycles. The number of hydrogen-bond donors (Lipinski definition) is 1. The Hall–Kier alpha value is -0.860. The van der Waals surface area contributed by atoms with Gasteiger partial charge in [0.05, 0.1) is 0 Å². The van der Waals surface area contributed by atoms with Crippen LogP contribution in [-0.2, 0) is 9.59 Å². The molecule has 0 aromatic carbocycles. The van der Waals surface area contributed by atoms with Gasteiger partial charge in [-0.2, -0.15) is 0 Å². The molecular formula is C20H31NO2. The van der Waals surface area contributed by atoms with Crippen molar-refractivity contribution in [3.05, 3.63) is 0 Å². The zero-order valence-electron chi connectivity index (χ0n) is 14.7. The predicted molar refractivity (Wildman–Crippen MR) is 89.7 cm³/mol. The average Bonchev–Trinajstić information content (AvgIpc) is 2.81. The van der Waals surface area contributed by atoms with Crippen molar-refractivity contribution in [3.8, 4) is 0 Å². The van der Waals surface area contributed by atoms with Gasteiger partial charge in [0.2, 0.25) is 5.91 Å². The highest BCUT2D eigenvalue weighted by Crippen LogP contribution is 2.63. The second kappa shape index (κ2) is 5.32. The van der Waals surface area contributed by atoms with Gasteiger partial charge in [-0.15, -0.1) is 0 Å². The number of amides is 1. The Labute approximate surface area is 140 Å². The first kappa shape index (κ1) is 15.7. The van der Waals surface area contributed by atoms with Crippen molar-refractivity contribution in [3.63, 3.8) is 0 Å². The molecule has 1 aliphatic heterocycles. The number of rotatable bonds is 0. The van der Waals surface area contributed by atoms with E-state index in [1.165, 1.54) is 25.7 Å². The maximum Gasteiger partial charge on any atom is 0.220 e. The molecule has 2 unspecified atom stereocenters. The lowest BCUT2D eigenvalue weighted by atomic mass is 9.46. The van der Waals surface area contributed by atoms with Gasteiger partial charge < -0.3 is 5.32 Å². The Bertz CT molecular complexity index is 530. The second-order valence-electron chi connectivity index (χ2n) is 9.23. The Morgan fingerprint density at radius 1 is 0.957 bits per heavy atom. The van der Waals surface area contributed by atoms with Gasteiger partial charge in [0, 0.05) is 24.8 Å². The first-order valence-electron chi connectivity index (χ1n) is 9.75. The van der Waals surface area contributed by atoms with Crippen molar-refractivity contribution in [2.75, 3.05) is 6.54 Å². The van der Waals surface area contributed by atoms with Crippen molar-refractivity contribution in [2.45, 2.75) is 71.6 Å². The van der Waals surface area contributed by atoms with Gasteiger partial charge in [-0.05, 0) is 74.0 Å². The third-order valence-corrected chi connectivity index (χ3v) is 8.44. The molecule has 3 nitrogen and oxygen atoms in total. The van der Waals surface area contributed by atoms with E-state index in [4.69, 9.17) is 0 Å². The lowest BCUT2D eigenvalue weighted by Gasteiger charge is -2.58. The summed E-state index contributed by atoms with van der Waals surface area (Å²) >= 11 is 0. The summed E-state index contributed by atoms with van der Waals surface area (Å²) in [7, 11) is 0. The average molecular weight is 317 g/mol. The Morgan fingerprint density at radius 3 is 2.61 bits per heavy atom. The normalized spacial score (nSPS) is 50.2. The molecule has 1 saturated heterocycles. The fourth-order valence-corrected chi connectivity index (χ4v) is 6.99. The molecule has 3 heteroatoms. The zero-order chi connectivity index (χ0) is 16.2. The highest BCUT2D eigenvalue weighted by Gasteiger charge is 2.59. The number of hydrogen-bond acceptors (Lipinski definition) is 2. The predicted octanol–water partition coefficient (Wildman–Crippen LogP) is 3.71. The van der Waals surface area contributed by atoms with Crippen molar-refractivity contribution >= 4 is 11.7 Å². The highest BCUT2D eigenvalue weighted by molar-refractivity contribution is 5.87. The molecule has 0 bridgehead atoms. The van der Waals surface area contributed by atoms with E-state index in [-0.39, 0.29) is 11.3 Å². The Morgan fingerprint density at radius 2 is 1.78 bits per heavy atom. The number of carbonyl (C=O) groups excluding carboxylic acids is 2. The van der Waals surface area contributed by atoms with Crippen LogP contribution >= 0.6 is 0 Å². The molecule has 1 heterocycles. The van der Waals surface area contributed by atoms with E-state index in [0.29, 0.717) is 29.5 Å². The number of carbonyl (C=O) groups is 2. The maximum absolute atomic E-state index is 12.5. The summed E-state index contributed by atoms with van der Waals surface area (Å²) in [5, 5.41) is 3.17. The topological polar surface area (TPSA) is 46.2 Å². The van der Waals surface area contributed by atoms with Crippen LogP contribution < -0.4 is 5.32 Å². The van der Waals surface area contributed by atoms with Crippen LogP contribution in [-0.4, -0.2) is 18.2 Å². The molecule has 0 aromatic heterocycles. The lowest BCUT2D eigenvalue weighted by molar-refractivity contribution is -0.138. The molecule has 128 valence electrons. The number of nitrogens with one attached hydrogen (secondary N) is 1. The summed E-state index contributed by atoms with van der Waals surface area (Å²) in [6.45, 7) is 5.64. The molecule has 0 aromatic rings. The van der Waals surface area contributed by atoms with Crippen molar-refractivity contribution in [1.82, 2.24) is 5.32 Å². The molecule has 1 amide bonds. The summed E-state index contributed by atoms with van der Waals surface area (Å²) in [5.41, 5.74) is 0.351. The second-order valence-corrected chi connectivity index (χ2v) is 9.23. The first-order valence-corrected chi connectivity index (χ1v) is 9.75. The minimum absolute atomic E-state index is 0.0137. The van der Waals surface area contributed by atoms with E-state index in [0.717, 1.165) is 44.1 Å². The molecule has 23 heavy (non-hydrogen) atoms. The zero-order valence-corrected chi connectivity index (χ0v) is 14.7. The van der Waals surface area contributed by atoms with Gasteiger partial charge in [-0.3, -0.25) is 9.59 Å². The van der Waals surface area contributed by atoms with Gasteiger partial charge in [-0.1, -0.05) is 13.8 Å². The fraction of sp³-hybridized carbons (Fsp3) is 0.900. The number of ketones is 1. The standard InChI is InChI=1S/C20H31NO2/c1-19-10-3-4-18(23)21-12-13(19)5-6-14-15-7-8-17(22)20(15,2)11-9-16(14)19/h13-16H,3-12H2,1-2H3,(H,21,23)/t13-,14?,15-,16?,19-,20-/m0/s1. The minimum Gasteiger partial charge on any atom is -0.356 e. The van der Waals surface area contributed by atoms with Gasteiger partial charge in [0.25, 0.3) is 0 Å². The van der Waals surface area contributed by atoms with Crippen LogP contribution in [0.5, 0.6) is 0 Å². The van der Waals surface area contributed by atoms with E-state index in [9.17, 15) is 9.59 Å². The summed E-state index contributed by atoms with van der Waals surface area (Å²) in [6.07, 6.45) is 9.71. The molecule has 0 radical (unpaired) electrons. The van der Waals surface area contributed by atoms with Gasteiger partial charge in [0.15, 0.2) is 0 Å². The van der Waals surface area contributed by atoms with Crippen LogP contribution in [0.1, 0.15) is 71.6 Å².